The molecule has 3 rings (SSSR count). The highest BCUT2D eigenvalue weighted by molar-refractivity contribution is 5.34. The summed E-state index contributed by atoms with van der Waals surface area (Å²) in [5.74, 6) is 0. The molecule has 2 heteroatoms. The molecule has 0 bridgehead atoms. The molecule has 1 aliphatic heterocycles. The van der Waals surface area contributed by atoms with E-state index >= 15 is 0 Å². The Morgan fingerprint density at radius 2 is 2.12 bits per heavy atom. The van der Waals surface area contributed by atoms with Gasteiger partial charge in [0.1, 0.15) is 0 Å². The lowest BCUT2D eigenvalue weighted by Gasteiger charge is -2.45. The molecule has 0 saturated heterocycles. The van der Waals surface area contributed by atoms with E-state index in [4.69, 9.17) is 0 Å². The second-order valence-electron chi connectivity index (χ2n) is 6.17. The largest absolute Gasteiger partial charge is 0.309 e. The minimum atomic E-state index is 0.498. The molecule has 1 saturated carbocycles. The monoisotopic (exact) mass is 230 g/mol. The van der Waals surface area contributed by atoms with Crippen LogP contribution in [0.1, 0.15) is 43.4 Å². The fraction of sp³-hybridized carbons (Fsp3) is 0.600. The van der Waals surface area contributed by atoms with Crippen molar-refractivity contribution in [1.29, 1.82) is 0 Å². The Bertz CT molecular complexity index is 423. The summed E-state index contributed by atoms with van der Waals surface area (Å²) in [5, 5.41) is 7.09. The first-order valence-corrected chi connectivity index (χ1v) is 6.70. The Balaban J connectivity index is 1.62. The van der Waals surface area contributed by atoms with Crippen molar-refractivity contribution in [3.05, 3.63) is 34.9 Å². The predicted molar refractivity (Wildman–Crippen MR) is 70.6 cm³/mol. The lowest BCUT2D eigenvalue weighted by atomic mass is 9.67. The summed E-state index contributed by atoms with van der Waals surface area (Å²) >= 11 is 0. The molecule has 1 aromatic rings. The van der Waals surface area contributed by atoms with Gasteiger partial charge in [-0.2, -0.15) is 0 Å². The maximum Gasteiger partial charge on any atom is 0.0212 e. The van der Waals surface area contributed by atoms with Crippen LogP contribution < -0.4 is 10.6 Å². The molecule has 17 heavy (non-hydrogen) atoms. The summed E-state index contributed by atoms with van der Waals surface area (Å²) in [4.78, 5) is 0. The lowest BCUT2D eigenvalue weighted by Crippen LogP contribution is -2.49. The van der Waals surface area contributed by atoms with E-state index in [0.717, 1.165) is 19.6 Å². The first-order valence-electron chi connectivity index (χ1n) is 6.70. The summed E-state index contributed by atoms with van der Waals surface area (Å²) < 4.78 is 0. The molecule has 1 aromatic carbocycles. The van der Waals surface area contributed by atoms with Crippen molar-refractivity contribution >= 4 is 0 Å². The number of nitrogens with one attached hydrogen (secondary N) is 2. The zero-order valence-corrected chi connectivity index (χ0v) is 10.8. The molecule has 92 valence electrons. The number of rotatable bonds is 3. The number of benzene rings is 1. The molecule has 1 atom stereocenters. The molecular weight excluding hydrogens is 208 g/mol. The third-order valence-electron chi connectivity index (χ3n) is 4.47. The van der Waals surface area contributed by atoms with E-state index < -0.39 is 0 Å². The van der Waals surface area contributed by atoms with Crippen LogP contribution >= 0.6 is 0 Å². The third-order valence-corrected chi connectivity index (χ3v) is 4.47. The van der Waals surface area contributed by atoms with Gasteiger partial charge in [-0.15, -0.1) is 0 Å². The zero-order chi connectivity index (χ0) is 11.9. The van der Waals surface area contributed by atoms with Gasteiger partial charge < -0.3 is 10.6 Å². The molecule has 1 unspecified atom stereocenters. The Morgan fingerprint density at radius 1 is 1.29 bits per heavy atom. The van der Waals surface area contributed by atoms with Crippen molar-refractivity contribution in [2.45, 2.75) is 52.4 Å². The number of hydrogen-bond acceptors (Lipinski definition) is 2. The van der Waals surface area contributed by atoms with E-state index in [2.05, 4.69) is 42.7 Å². The van der Waals surface area contributed by atoms with Gasteiger partial charge in [-0.3, -0.25) is 0 Å². The van der Waals surface area contributed by atoms with Gasteiger partial charge in [0, 0.05) is 25.7 Å². The van der Waals surface area contributed by atoms with Gasteiger partial charge in [0.15, 0.2) is 0 Å². The van der Waals surface area contributed by atoms with Gasteiger partial charge >= 0.3 is 0 Å². The van der Waals surface area contributed by atoms with Gasteiger partial charge in [0.25, 0.3) is 0 Å². The van der Waals surface area contributed by atoms with E-state index in [1.807, 2.05) is 0 Å². The molecule has 0 radical (unpaired) electrons. The van der Waals surface area contributed by atoms with Crippen LogP contribution in [0.4, 0.5) is 0 Å². The normalized spacial score (nSPS) is 25.4. The fourth-order valence-electron chi connectivity index (χ4n) is 2.94. The second-order valence-corrected chi connectivity index (χ2v) is 6.17. The van der Waals surface area contributed by atoms with E-state index in [-0.39, 0.29) is 0 Å². The summed E-state index contributed by atoms with van der Waals surface area (Å²) in [7, 11) is 0. The van der Waals surface area contributed by atoms with Crippen molar-refractivity contribution in [3.63, 3.8) is 0 Å². The highest BCUT2D eigenvalue weighted by atomic mass is 14.9. The number of fused-ring (bicyclic) bond motifs is 1. The average Bonchev–Trinajstić information content (AvgIpc) is 2.75. The highest BCUT2D eigenvalue weighted by Gasteiger charge is 2.37. The molecule has 0 aromatic heterocycles. The topological polar surface area (TPSA) is 24.1 Å². The Morgan fingerprint density at radius 3 is 2.82 bits per heavy atom. The third kappa shape index (κ3) is 2.12. The molecular formula is C15H22N2. The first kappa shape index (κ1) is 11.2. The molecule has 1 heterocycles. The van der Waals surface area contributed by atoms with Crippen molar-refractivity contribution in [2.75, 3.05) is 0 Å². The van der Waals surface area contributed by atoms with Crippen molar-refractivity contribution in [2.24, 2.45) is 5.41 Å². The van der Waals surface area contributed by atoms with Gasteiger partial charge in [-0.1, -0.05) is 32.0 Å². The fourth-order valence-corrected chi connectivity index (χ4v) is 2.94. The molecule has 1 fully saturated rings. The Labute approximate surface area is 104 Å². The van der Waals surface area contributed by atoms with Crippen LogP contribution in [0.5, 0.6) is 0 Å². The first-order chi connectivity index (χ1) is 8.15. The van der Waals surface area contributed by atoms with Crippen LogP contribution in [0.15, 0.2) is 18.2 Å². The second kappa shape index (κ2) is 4.11. The van der Waals surface area contributed by atoms with Crippen LogP contribution in [-0.4, -0.2) is 6.04 Å². The molecule has 2 aliphatic rings. The Hall–Kier alpha value is -0.860. The average molecular weight is 230 g/mol. The predicted octanol–water partition coefficient (Wildman–Crippen LogP) is 2.57. The summed E-state index contributed by atoms with van der Waals surface area (Å²) in [6.45, 7) is 7.82. The van der Waals surface area contributed by atoms with E-state index in [9.17, 15) is 0 Å². The van der Waals surface area contributed by atoms with E-state index in [1.165, 1.54) is 29.5 Å². The quantitative estimate of drug-likeness (QED) is 0.834. The lowest BCUT2D eigenvalue weighted by molar-refractivity contribution is 0.108. The maximum absolute atomic E-state index is 3.70. The van der Waals surface area contributed by atoms with Crippen LogP contribution in [0.25, 0.3) is 0 Å². The summed E-state index contributed by atoms with van der Waals surface area (Å²) in [6.07, 6.45) is 2.69. The van der Waals surface area contributed by atoms with Crippen LogP contribution in [0, 0.1) is 5.41 Å². The highest BCUT2D eigenvalue weighted by Crippen LogP contribution is 2.40. The van der Waals surface area contributed by atoms with Crippen molar-refractivity contribution < 1.29 is 0 Å². The van der Waals surface area contributed by atoms with E-state index in [0.29, 0.717) is 11.5 Å². The van der Waals surface area contributed by atoms with Crippen LogP contribution in [0.2, 0.25) is 0 Å². The van der Waals surface area contributed by atoms with Crippen LogP contribution in [-0.2, 0) is 19.6 Å². The SMILES string of the molecule is CC1(C)CCC1NCc1ccc2c(c1)CNC2. The van der Waals surface area contributed by atoms with Crippen LogP contribution in [0.3, 0.4) is 0 Å². The van der Waals surface area contributed by atoms with Gasteiger partial charge in [-0.05, 0) is 34.9 Å². The van der Waals surface area contributed by atoms with Gasteiger partial charge in [0.05, 0.1) is 0 Å². The maximum atomic E-state index is 3.70. The molecule has 0 spiro atoms. The van der Waals surface area contributed by atoms with Crippen molar-refractivity contribution in [1.82, 2.24) is 10.6 Å². The van der Waals surface area contributed by atoms with Gasteiger partial charge in [0.2, 0.25) is 0 Å². The molecule has 2 N–H and O–H groups in total. The van der Waals surface area contributed by atoms with Gasteiger partial charge in [-0.25, -0.2) is 0 Å². The summed E-state index contributed by atoms with van der Waals surface area (Å²) in [5.41, 5.74) is 4.88. The molecule has 1 aliphatic carbocycles. The summed E-state index contributed by atoms with van der Waals surface area (Å²) in [6, 6.07) is 7.60. The minimum Gasteiger partial charge on any atom is -0.309 e. The molecule has 2 nitrogen and oxygen atoms in total. The van der Waals surface area contributed by atoms with Crippen molar-refractivity contribution in [3.8, 4) is 0 Å². The standard InChI is InChI=1S/C15H22N2/c1-15(2)6-5-14(15)17-8-11-3-4-12-9-16-10-13(12)7-11/h3-4,7,14,16-17H,5-6,8-10H2,1-2H3. The van der Waals surface area contributed by atoms with E-state index in [1.54, 1.807) is 0 Å². The molecule has 0 amide bonds. The zero-order valence-electron chi connectivity index (χ0n) is 10.8. The Kier molecular flexibility index (Phi) is 2.72. The number of hydrogen-bond donors (Lipinski definition) is 2. The minimum absolute atomic E-state index is 0.498. The smallest absolute Gasteiger partial charge is 0.0212 e.